The Hall–Kier alpha value is -2.76. The zero-order chi connectivity index (χ0) is 29.0. The van der Waals surface area contributed by atoms with Crippen LogP contribution < -0.4 is 27.3 Å². The molecule has 2 fully saturated rings. The van der Waals surface area contributed by atoms with Crippen molar-refractivity contribution in [2.75, 3.05) is 23.4 Å². The van der Waals surface area contributed by atoms with Gasteiger partial charge in [-0.05, 0) is 66.9 Å². The van der Waals surface area contributed by atoms with Crippen molar-refractivity contribution < 1.29 is 19.1 Å². The maximum Gasteiger partial charge on any atom is 0.427 e. The zero-order valence-electron chi connectivity index (χ0n) is 23.0. The van der Waals surface area contributed by atoms with Crippen molar-refractivity contribution in [2.45, 2.75) is 84.1 Å². The predicted octanol–water partition coefficient (Wildman–Crippen LogP) is 3.78. The van der Waals surface area contributed by atoms with Crippen LogP contribution in [0.4, 0.5) is 10.5 Å². The van der Waals surface area contributed by atoms with Gasteiger partial charge in [0.1, 0.15) is 17.2 Å². The number of fused-ring (bicyclic) bond motifs is 1. The fourth-order valence-electron chi connectivity index (χ4n) is 4.71. The summed E-state index contributed by atoms with van der Waals surface area (Å²) in [4.78, 5) is 53.7. The number of anilines is 1. The van der Waals surface area contributed by atoms with Crippen LogP contribution in [0.2, 0.25) is 10.0 Å². The smallest absolute Gasteiger partial charge is 0.427 e. The monoisotopic (exact) mass is 583 g/mol. The molecule has 2 atom stereocenters. The molecule has 214 valence electrons. The lowest BCUT2D eigenvalue weighted by Crippen LogP contribution is -2.47. The maximum absolute atomic E-state index is 13.5. The minimum absolute atomic E-state index is 0.0810. The Morgan fingerprint density at radius 2 is 1.67 bits per heavy atom. The molecule has 4 rings (SSSR count). The van der Waals surface area contributed by atoms with E-state index in [4.69, 9.17) is 38.4 Å². The topological polar surface area (TPSA) is 138 Å². The Balaban J connectivity index is 1.73. The van der Waals surface area contributed by atoms with Crippen LogP contribution in [0.1, 0.15) is 66.8 Å². The van der Waals surface area contributed by atoms with E-state index in [0.29, 0.717) is 42.7 Å². The number of amides is 1. The highest BCUT2D eigenvalue weighted by atomic mass is 35.5. The summed E-state index contributed by atoms with van der Waals surface area (Å²) < 4.78 is 12.7. The molecule has 39 heavy (non-hydrogen) atoms. The summed E-state index contributed by atoms with van der Waals surface area (Å²) in [7, 11) is 0. The largest absolute Gasteiger partial charge is 0.459 e. The molecule has 13 heteroatoms. The van der Waals surface area contributed by atoms with Gasteiger partial charge in [-0.1, -0.05) is 23.2 Å². The molecular formula is C26H35Cl2N5O6. The number of aromatic nitrogens is 2. The number of rotatable bonds is 5. The third-order valence-electron chi connectivity index (χ3n) is 6.48. The first-order chi connectivity index (χ1) is 18.0. The number of carbonyl (C=O) groups is 2. The standard InChI is InChI=1S/C26H35Cl2N5O6/c1-25(2,3)38-22(35)18(29)13-9-10-31(12-13)20-16(27)11-15-19(17(20)28)32(14-7-8-14)24(37)33(21(15)34)30-23(36)39-26(4,5)6/h11,13-14,18H,7-10,12,29H2,1-6H3,(H,30,36). The summed E-state index contributed by atoms with van der Waals surface area (Å²) in [5.74, 6) is -0.690. The lowest BCUT2D eigenvalue weighted by molar-refractivity contribution is -0.157. The second-order valence-electron chi connectivity index (χ2n) is 12.1. The van der Waals surface area contributed by atoms with E-state index in [1.54, 1.807) is 41.5 Å². The number of halogens is 2. The number of nitrogens with zero attached hydrogens (tertiary/aromatic N) is 3. The highest BCUT2D eigenvalue weighted by Gasteiger charge is 2.37. The molecule has 0 bridgehead atoms. The highest BCUT2D eigenvalue weighted by Crippen LogP contribution is 2.44. The average molecular weight is 585 g/mol. The summed E-state index contributed by atoms with van der Waals surface area (Å²) in [6, 6.07) is 0.432. The molecule has 2 aromatic rings. The van der Waals surface area contributed by atoms with Crippen LogP contribution in [0, 0.1) is 5.92 Å². The number of nitrogens with one attached hydrogen (secondary N) is 1. The molecule has 1 aromatic carbocycles. The van der Waals surface area contributed by atoms with E-state index in [9.17, 15) is 19.2 Å². The lowest BCUT2D eigenvalue weighted by Gasteiger charge is -2.26. The van der Waals surface area contributed by atoms with Gasteiger partial charge in [0.05, 0.1) is 26.6 Å². The molecule has 2 unspecified atom stereocenters. The van der Waals surface area contributed by atoms with Crippen molar-refractivity contribution in [2.24, 2.45) is 11.7 Å². The van der Waals surface area contributed by atoms with Gasteiger partial charge in [-0.15, -0.1) is 0 Å². The first kappa shape index (κ1) is 29.2. The average Bonchev–Trinajstić information content (AvgIpc) is 3.51. The van der Waals surface area contributed by atoms with Gasteiger partial charge >= 0.3 is 17.8 Å². The Bertz CT molecular complexity index is 1430. The highest BCUT2D eigenvalue weighted by molar-refractivity contribution is 6.42. The van der Waals surface area contributed by atoms with Crippen LogP contribution in [0.5, 0.6) is 0 Å². The molecule has 1 aromatic heterocycles. The van der Waals surface area contributed by atoms with Gasteiger partial charge in [0.15, 0.2) is 0 Å². The Labute approximate surface area is 236 Å². The van der Waals surface area contributed by atoms with Crippen molar-refractivity contribution >= 4 is 51.9 Å². The second-order valence-corrected chi connectivity index (χ2v) is 12.9. The molecule has 0 radical (unpaired) electrons. The molecular weight excluding hydrogens is 549 g/mol. The van der Waals surface area contributed by atoms with Gasteiger partial charge in [-0.25, -0.2) is 15.0 Å². The number of hydrogen-bond donors (Lipinski definition) is 2. The zero-order valence-corrected chi connectivity index (χ0v) is 24.5. The molecule has 1 aliphatic carbocycles. The number of carbonyl (C=O) groups excluding carboxylic acids is 2. The number of esters is 1. The van der Waals surface area contributed by atoms with Crippen molar-refractivity contribution in [3.05, 3.63) is 36.9 Å². The van der Waals surface area contributed by atoms with Crippen LogP contribution in [0.25, 0.3) is 10.9 Å². The van der Waals surface area contributed by atoms with Gasteiger partial charge in [-0.3, -0.25) is 14.2 Å². The fourth-order valence-corrected chi connectivity index (χ4v) is 5.49. The van der Waals surface area contributed by atoms with Gasteiger partial charge in [-0.2, -0.15) is 4.68 Å². The molecule has 1 saturated heterocycles. The number of ether oxygens (including phenoxy) is 2. The lowest BCUT2D eigenvalue weighted by atomic mass is 9.99. The summed E-state index contributed by atoms with van der Waals surface area (Å²) in [6.07, 6.45) is 1.08. The van der Waals surface area contributed by atoms with Crippen LogP contribution in [-0.4, -0.2) is 51.6 Å². The predicted molar refractivity (Wildman–Crippen MR) is 150 cm³/mol. The first-order valence-corrected chi connectivity index (χ1v) is 13.7. The SMILES string of the molecule is CC(C)(C)OC(=O)Nn1c(=O)c2cc(Cl)c(N3CCC(C(N)C(=O)OC(C)(C)C)C3)c(Cl)c2n(C2CC2)c1=O. The molecule has 1 saturated carbocycles. The number of nitrogens with two attached hydrogens (primary N) is 1. The summed E-state index contributed by atoms with van der Waals surface area (Å²) in [5, 5.41) is 0.424. The van der Waals surface area contributed by atoms with Crippen LogP contribution in [0.15, 0.2) is 15.7 Å². The Morgan fingerprint density at radius 3 is 2.23 bits per heavy atom. The Kier molecular flexibility index (Phi) is 7.74. The van der Waals surface area contributed by atoms with E-state index in [2.05, 4.69) is 5.43 Å². The van der Waals surface area contributed by atoms with Gasteiger partial charge in [0.2, 0.25) is 0 Å². The van der Waals surface area contributed by atoms with E-state index < -0.39 is 40.6 Å². The molecule has 3 N–H and O–H groups in total. The molecule has 0 spiro atoms. The fraction of sp³-hybridized carbons (Fsp3) is 0.615. The van der Waals surface area contributed by atoms with E-state index in [1.165, 1.54) is 10.6 Å². The van der Waals surface area contributed by atoms with Crippen LogP contribution in [-0.2, 0) is 14.3 Å². The summed E-state index contributed by atoms with van der Waals surface area (Å²) in [6.45, 7) is 11.2. The van der Waals surface area contributed by atoms with E-state index in [0.717, 1.165) is 0 Å². The number of hydrogen-bond acceptors (Lipinski definition) is 8. The molecule has 2 heterocycles. The summed E-state index contributed by atoms with van der Waals surface area (Å²) >= 11 is 13.6. The minimum Gasteiger partial charge on any atom is -0.459 e. The molecule has 1 amide bonds. The van der Waals surface area contributed by atoms with Gasteiger partial charge in [0, 0.05) is 25.0 Å². The molecule has 11 nitrogen and oxygen atoms in total. The van der Waals surface area contributed by atoms with Crippen molar-refractivity contribution in [1.29, 1.82) is 0 Å². The minimum atomic E-state index is -0.943. The third kappa shape index (κ3) is 6.20. The first-order valence-electron chi connectivity index (χ1n) is 12.9. The van der Waals surface area contributed by atoms with E-state index in [-0.39, 0.29) is 32.9 Å². The van der Waals surface area contributed by atoms with Crippen molar-refractivity contribution in [3.63, 3.8) is 0 Å². The third-order valence-corrected chi connectivity index (χ3v) is 7.13. The second kappa shape index (κ2) is 10.3. The number of benzene rings is 1. The molecule has 1 aliphatic heterocycles. The Morgan fingerprint density at radius 1 is 1.05 bits per heavy atom. The van der Waals surface area contributed by atoms with Crippen molar-refractivity contribution in [1.82, 2.24) is 9.24 Å². The van der Waals surface area contributed by atoms with Crippen LogP contribution in [0.3, 0.4) is 0 Å². The maximum atomic E-state index is 13.5. The normalized spacial score (nSPS) is 18.8. The molecule has 2 aliphatic rings. The quantitative estimate of drug-likeness (QED) is 0.507. The van der Waals surface area contributed by atoms with E-state index >= 15 is 0 Å². The van der Waals surface area contributed by atoms with Crippen LogP contribution >= 0.6 is 23.2 Å². The van der Waals surface area contributed by atoms with E-state index in [1.807, 2.05) is 4.90 Å². The summed E-state index contributed by atoms with van der Waals surface area (Å²) in [5.41, 5.74) is 6.20. The van der Waals surface area contributed by atoms with Gasteiger partial charge in [0.25, 0.3) is 5.56 Å². The van der Waals surface area contributed by atoms with Gasteiger partial charge < -0.3 is 20.1 Å². The van der Waals surface area contributed by atoms with Crippen molar-refractivity contribution in [3.8, 4) is 0 Å².